The van der Waals surface area contributed by atoms with Gasteiger partial charge in [-0.2, -0.15) is 0 Å². The van der Waals surface area contributed by atoms with Gasteiger partial charge in [-0.3, -0.25) is 4.79 Å². The molecule has 6 heteroatoms. The third-order valence-corrected chi connectivity index (χ3v) is 4.31. The lowest BCUT2D eigenvalue weighted by molar-refractivity contribution is 0.0915. The van der Waals surface area contributed by atoms with Gasteiger partial charge in [-0.15, -0.1) is 11.8 Å². The summed E-state index contributed by atoms with van der Waals surface area (Å²) in [6.07, 6.45) is 3.02. The smallest absolute Gasteiger partial charge is 0.253 e. The van der Waals surface area contributed by atoms with Gasteiger partial charge in [0.25, 0.3) is 5.91 Å². The Hall–Kier alpha value is -1.69. The Labute approximate surface area is 123 Å². The van der Waals surface area contributed by atoms with Gasteiger partial charge >= 0.3 is 0 Å². The maximum atomic E-state index is 12.5. The van der Waals surface area contributed by atoms with Crippen molar-refractivity contribution < 1.29 is 10.0 Å². The third-order valence-electron chi connectivity index (χ3n) is 3.51. The monoisotopic (exact) mass is 295 g/mol. The molecule has 4 N–H and O–H groups in total. The summed E-state index contributed by atoms with van der Waals surface area (Å²) in [5.74, 6) is -0.192. The van der Waals surface area contributed by atoms with Gasteiger partial charge in [0.15, 0.2) is 5.84 Å². The van der Waals surface area contributed by atoms with E-state index in [-0.39, 0.29) is 11.7 Å². The molecule has 0 heterocycles. The Balaban J connectivity index is 3.09. The standard InChI is InChI=1S/C14H21N3O2S/c1-4-14(5-2,13(15)17-19)16-12(18)10-8-6-7-9-11(10)20-3/h6-9,19H,4-5H2,1-3H3,(H2,15,17)(H,16,18). The van der Waals surface area contributed by atoms with E-state index >= 15 is 0 Å². The van der Waals surface area contributed by atoms with E-state index in [1.165, 1.54) is 11.8 Å². The first-order valence-electron chi connectivity index (χ1n) is 6.48. The molecular formula is C14H21N3O2S. The van der Waals surface area contributed by atoms with Crippen molar-refractivity contribution in [2.75, 3.05) is 6.26 Å². The zero-order chi connectivity index (χ0) is 15.2. The molecule has 110 valence electrons. The van der Waals surface area contributed by atoms with Crippen molar-refractivity contribution in [3.63, 3.8) is 0 Å². The van der Waals surface area contributed by atoms with Gasteiger partial charge in [-0.1, -0.05) is 31.1 Å². The molecule has 0 aliphatic rings. The van der Waals surface area contributed by atoms with Gasteiger partial charge in [-0.05, 0) is 31.2 Å². The van der Waals surface area contributed by atoms with Crippen LogP contribution in [0.3, 0.4) is 0 Å². The van der Waals surface area contributed by atoms with E-state index < -0.39 is 5.54 Å². The van der Waals surface area contributed by atoms with Gasteiger partial charge in [0, 0.05) is 4.90 Å². The van der Waals surface area contributed by atoms with Crippen molar-refractivity contribution >= 4 is 23.5 Å². The van der Waals surface area contributed by atoms with E-state index in [1.54, 1.807) is 6.07 Å². The molecule has 0 atom stereocenters. The molecule has 1 amide bonds. The zero-order valence-electron chi connectivity index (χ0n) is 12.0. The maximum Gasteiger partial charge on any atom is 0.253 e. The average molecular weight is 295 g/mol. The number of rotatable bonds is 6. The summed E-state index contributed by atoms with van der Waals surface area (Å²) in [6.45, 7) is 3.78. The lowest BCUT2D eigenvalue weighted by atomic mass is 9.91. The summed E-state index contributed by atoms with van der Waals surface area (Å²) >= 11 is 1.51. The molecular weight excluding hydrogens is 274 g/mol. The lowest BCUT2D eigenvalue weighted by Gasteiger charge is -2.31. The number of oxime groups is 1. The SMILES string of the molecule is CCC(CC)(NC(=O)c1ccccc1SC)C(N)=NO. The number of nitrogens with zero attached hydrogens (tertiary/aromatic N) is 1. The van der Waals surface area contributed by atoms with Gasteiger partial charge < -0.3 is 16.3 Å². The second kappa shape index (κ2) is 7.19. The van der Waals surface area contributed by atoms with Gasteiger partial charge in [0.2, 0.25) is 0 Å². The van der Waals surface area contributed by atoms with Crippen molar-refractivity contribution in [1.29, 1.82) is 0 Å². The zero-order valence-corrected chi connectivity index (χ0v) is 12.8. The largest absolute Gasteiger partial charge is 0.409 e. The summed E-state index contributed by atoms with van der Waals surface area (Å²) in [5.41, 5.74) is 5.52. The molecule has 0 fully saturated rings. The summed E-state index contributed by atoms with van der Waals surface area (Å²) in [4.78, 5) is 13.4. The molecule has 1 rings (SSSR count). The van der Waals surface area contributed by atoms with Crippen molar-refractivity contribution in [2.45, 2.75) is 37.1 Å². The van der Waals surface area contributed by atoms with Crippen LogP contribution in [0.5, 0.6) is 0 Å². The Bertz CT molecular complexity index is 499. The number of nitrogens with one attached hydrogen (secondary N) is 1. The summed E-state index contributed by atoms with van der Waals surface area (Å²) in [7, 11) is 0. The van der Waals surface area contributed by atoms with Gasteiger partial charge in [0.05, 0.1) is 5.56 Å². The molecule has 0 bridgehead atoms. The highest BCUT2D eigenvalue weighted by molar-refractivity contribution is 7.98. The van der Waals surface area contributed by atoms with E-state index in [0.29, 0.717) is 18.4 Å². The van der Waals surface area contributed by atoms with Crippen molar-refractivity contribution in [2.24, 2.45) is 10.9 Å². The topological polar surface area (TPSA) is 87.7 Å². The van der Waals surface area contributed by atoms with Crippen LogP contribution in [0.4, 0.5) is 0 Å². The fourth-order valence-electron chi connectivity index (χ4n) is 2.07. The number of thioether (sulfide) groups is 1. The Kier molecular flexibility index (Phi) is 5.88. The number of carbonyl (C=O) groups excluding carboxylic acids is 1. The first-order valence-corrected chi connectivity index (χ1v) is 7.70. The lowest BCUT2D eigenvalue weighted by Crippen LogP contribution is -2.56. The minimum Gasteiger partial charge on any atom is -0.409 e. The molecule has 0 spiro atoms. The molecule has 0 aliphatic carbocycles. The molecule has 20 heavy (non-hydrogen) atoms. The number of hydrogen-bond donors (Lipinski definition) is 3. The molecule has 0 radical (unpaired) electrons. The molecule has 1 aromatic carbocycles. The van der Waals surface area contributed by atoms with Crippen molar-refractivity contribution in [3.05, 3.63) is 29.8 Å². The van der Waals surface area contributed by atoms with Crippen LogP contribution < -0.4 is 11.1 Å². The van der Waals surface area contributed by atoms with Crippen LogP contribution in [0.25, 0.3) is 0 Å². The minimum atomic E-state index is -0.822. The fraction of sp³-hybridized carbons (Fsp3) is 0.429. The molecule has 0 saturated carbocycles. The fourth-order valence-corrected chi connectivity index (χ4v) is 2.66. The molecule has 0 saturated heterocycles. The Morgan fingerprint density at radius 2 is 2.00 bits per heavy atom. The van der Waals surface area contributed by atoms with Crippen LogP contribution in [-0.4, -0.2) is 28.7 Å². The van der Waals surface area contributed by atoms with Crippen LogP contribution in [-0.2, 0) is 0 Å². The number of carbonyl (C=O) groups is 1. The van der Waals surface area contributed by atoms with Crippen LogP contribution in [0.1, 0.15) is 37.0 Å². The minimum absolute atomic E-state index is 0.0254. The molecule has 1 aromatic rings. The second-order valence-corrected chi connectivity index (χ2v) is 5.28. The van der Waals surface area contributed by atoms with E-state index in [1.807, 2.05) is 38.3 Å². The van der Waals surface area contributed by atoms with Gasteiger partial charge in [-0.25, -0.2) is 0 Å². The number of nitrogens with two attached hydrogens (primary N) is 1. The van der Waals surface area contributed by atoms with E-state index in [4.69, 9.17) is 10.9 Å². The highest BCUT2D eigenvalue weighted by atomic mass is 32.2. The molecule has 0 aromatic heterocycles. The molecule has 5 nitrogen and oxygen atoms in total. The van der Waals surface area contributed by atoms with Crippen molar-refractivity contribution in [3.8, 4) is 0 Å². The Morgan fingerprint density at radius 1 is 1.40 bits per heavy atom. The number of hydrogen-bond acceptors (Lipinski definition) is 4. The molecule has 0 unspecified atom stereocenters. The quantitative estimate of drug-likeness (QED) is 0.247. The molecule has 0 aliphatic heterocycles. The number of amides is 1. The summed E-state index contributed by atoms with van der Waals surface area (Å²) < 4.78 is 0. The van der Waals surface area contributed by atoms with E-state index in [0.717, 1.165) is 4.90 Å². The average Bonchev–Trinajstić information content (AvgIpc) is 2.51. The second-order valence-electron chi connectivity index (χ2n) is 4.43. The van der Waals surface area contributed by atoms with Crippen LogP contribution >= 0.6 is 11.8 Å². The third kappa shape index (κ3) is 3.25. The maximum absolute atomic E-state index is 12.5. The van der Waals surface area contributed by atoms with Gasteiger partial charge in [0.1, 0.15) is 5.54 Å². The highest BCUT2D eigenvalue weighted by Crippen LogP contribution is 2.22. The normalized spacial score (nSPS) is 12.2. The Morgan fingerprint density at radius 3 is 2.50 bits per heavy atom. The summed E-state index contributed by atoms with van der Waals surface area (Å²) in [6, 6.07) is 7.36. The van der Waals surface area contributed by atoms with Crippen molar-refractivity contribution in [1.82, 2.24) is 5.32 Å². The van der Waals surface area contributed by atoms with Crippen LogP contribution in [0.2, 0.25) is 0 Å². The van der Waals surface area contributed by atoms with E-state index in [2.05, 4.69) is 10.5 Å². The first-order chi connectivity index (χ1) is 9.54. The number of benzene rings is 1. The number of amidine groups is 1. The predicted octanol–water partition coefficient (Wildman–Crippen LogP) is 2.44. The van der Waals surface area contributed by atoms with Crippen LogP contribution in [0.15, 0.2) is 34.3 Å². The summed E-state index contributed by atoms with van der Waals surface area (Å²) in [5, 5.41) is 14.9. The van der Waals surface area contributed by atoms with E-state index in [9.17, 15) is 4.79 Å². The van der Waals surface area contributed by atoms with Crippen LogP contribution in [0, 0.1) is 0 Å². The predicted molar refractivity (Wildman–Crippen MR) is 82.4 cm³/mol. The first kappa shape index (κ1) is 16.4. The highest BCUT2D eigenvalue weighted by Gasteiger charge is 2.33.